The van der Waals surface area contributed by atoms with Crippen molar-refractivity contribution in [2.24, 2.45) is 10.9 Å². The maximum atomic E-state index is 11.7. The maximum Gasteiger partial charge on any atom is 0.335 e. The summed E-state index contributed by atoms with van der Waals surface area (Å²) < 4.78 is 10.5. The number of esters is 1. The number of aliphatic imine (C=N–C) groups is 1. The highest BCUT2D eigenvalue weighted by Crippen LogP contribution is 2.28. The Morgan fingerprint density at radius 3 is 2.32 bits per heavy atom. The van der Waals surface area contributed by atoms with Crippen LogP contribution in [0.3, 0.4) is 0 Å². The van der Waals surface area contributed by atoms with Gasteiger partial charge in [-0.1, -0.05) is 13.8 Å². The van der Waals surface area contributed by atoms with E-state index in [4.69, 9.17) is 14.6 Å². The number of methoxy groups -OCH3 is 1. The molecule has 0 bridgehead atoms. The monoisotopic (exact) mass is 341 g/mol. The Morgan fingerprint density at radius 2 is 1.76 bits per heavy atom. The molecule has 0 saturated heterocycles. The van der Waals surface area contributed by atoms with Gasteiger partial charge < -0.3 is 14.6 Å². The lowest BCUT2D eigenvalue weighted by Gasteiger charge is -2.11. The van der Waals surface area contributed by atoms with Crippen molar-refractivity contribution >= 4 is 23.8 Å². The number of hydrogen-bond donors (Lipinski definition) is 1. The first-order valence-corrected chi connectivity index (χ1v) is 7.68. The zero-order valence-corrected chi connectivity index (χ0v) is 14.2. The van der Waals surface area contributed by atoms with Crippen LogP contribution in [0.15, 0.2) is 47.5 Å². The lowest BCUT2D eigenvalue weighted by atomic mass is 10.2. The van der Waals surface area contributed by atoms with E-state index < -0.39 is 5.97 Å². The van der Waals surface area contributed by atoms with Crippen LogP contribution in [0.1, 0.15) is 29.8 Å². The molecule has 0 heterocycles. The topological polar surface area (TPSA) is 85.2 Å². The molecule has 0 aliphatic heterocycles. The van der Waals surface area contributed by atoms with Gasteiger partial charge in [0.05, 0.1) is 24.3 Å². The Kier molecular flexibility index (Phi) is 5.89. The van der Waals surface area contributed by atoms with Gasteiger partial charge in [0, 0.05) is 6.21 Å². The van der Waals surface area contributed by atoms with Gasteiger partial charge in [-0.25, -0.2) is 4.79 Å². The number of benzene rings is 2. The first-order chi connectivity index (χ1) is 11.9. The Balaban J connectivity index is 2.17. The van der Waals surface area contributed by atoms with Crippen molar-refractivity contribution in [1.82, 2.24) is 0 Å². The standard InChI is InChI=1S/C19H19NO5/c1-12(2)19(23)25-16-9-4-13(10-17(16)24-3)11-20-15-7-5-14(6-8-15)18(21)22/h4-12H,1-3H3,(H,21,22). The molecule has 0 aliphatic carbocycles. The van der Waals surface area contributed by atoms with Crippen molar-refractivity contribution in [1.29, 1.82) is 0 Å². The number of nitrogens with zero attached hydrogens (tertiary/aromatic N) is 1. The number of aromatic carboxylic acids is 1. The SMILES string of the molecule is COc1cc(C=Nc2ccc(C(=O)O)cc2)ccc1OC(=O)C(C)C. The third-order valence-corrected chi connectivity index (χ3v) is 3.35. The summed E-state index contributed by atoms with van der Waals surface area (Å²) in [5, 5.41) is 8.88. The summed E-state index contributed by atoms with van der Waals surface area (Å²) in [4.78, 5) is 26.8. The van der Waals surface area contributed by atoms with Gasteiger partial charge in [-0.3, -0.25) is 9.79 Å². The normalized spacial score (nSPS) is 10.9. The molecular formula is C19H19NO5. The van der Waals surface area contributed by atoms with Crippen molar-refractivity contribution in [2.45, 2.75) is 13.8 Å². The van der Waals surface area contributed by atoms with E-state index in [2.05, 4.69) is 4.99 Å². The van der Waals surface area contributed by atoms with Crippen LogP contribution >= 0.6 is 0 Å². The second-order valence-corrected chi connectivity index (χ2v) is 5.60. The Hall–Kier alpha value is -3.15. The van der Waals surface area contributed by atoms with E-state index >= 15 is 0 Å². The van der Waals surface area contributed by atoms with Crippen molar-refractivity contribution in [3.05, 3.63) is 53.6 Å². The van der Waals surface area contributed by atoms with E-state index in [0.717, 1.165) is 5.56 Å². The second kappa shape index (κ2) is 8.10. The van der Waals surface area contributed by atoms with Gasteiger partial charge in [0.2, 0.25) is 0 Å². The number of carboxylic acid groups (broad SMARTS) is 1. The molecule has 2 aromatic carbocycles. The van der Waals surface area contributed by atoms with Crippen LogP contribution in [-0.4, -0.2) is 30.4 Å². The Morgan fingerprint density at radius 1 is 1.08 bits per heavy atom. The average molecular weight is 341 g/mol. The number of hydrogen-bond acceptors (Lipinski definition) is 5. The van der Waals surface area contributed by atoms with Gasteiger partial charge in [-0.2, -0.15) is 0 Å². The molecule has 6 nitrogen and oxygen atoms in total. The van der Waals surface area contributed by atoms with Gasteiger partial charge in [-0.15, -0.1) is 0 Å². The Bertz CT molecular complexity index is 794. The third kappa shape index (κ3) is 4.91. The molecule has 1 N–H and O–H groups in total. The molecule has 2 rings (SSSR count). The highest BCUT2D eigenvalue weighted by atomic mass is 16.6. The van der Waals surface area contributed by atoms with Gasteiger partial charge >= 0.3 is 11.9 Å². The van der Waals surface area contributed by atoms with Gasteiger partial charge in [0.15, 0.2) is 11.5 Å². The van der Waals surface area contributed by atoms with Crippen molar-refractivity contribution in [2.75, 3.05) is 7.11 Å². The predicted molar refractivity (Wildman–Crippen MR) is 94.1 cm³/mol. The van der Waals surface area contributed by atoms with E-state index in [1.165, 1.54) is 19.2 Å². The van der Waals surface area contributed by atoms with Crippen molar-refractivity contribution < 1.29 is 24.2 Å². The average Bonchev–Trinajstić information content (AvgIpc) is 2.60. The smallest absolute Gasteiger partial charge is 0.335 e. The van der Waals surface area contributed by atoms with E-state index in [1.807, 2.05) is 0 Å². The van der Waals surface area contributed by atoms with E-state index in [1.54, 1.807) is 50.4 Å². The number of carbonyl (C=O) groups is 2. The molecule has 25 heavy (non-hydrogen) atoms. The lowest BCUT2D eigenvalue weighted by molar-refractivity contribution is -0.137. The third-order valence-electron chi connectivity index (χ3n) is 3.35. The van der Waals surface area contributed by atoms with Crippen LogP contribution in [0.2, 0.25) is 0 Å². The summed E-state index contributed by atoms with van der Waals surface area (Å²) >= 11 is 0. The lowest BCUT2D eigenvalue weighted by Crippen LogP contribution is -2.15. The van der Waals surface area contributed by atoms with Crippen LogP contribution in [0, 0.1) is 5.92 Å². The molecular weight excluding hydrogens is 322 g/mol. The summed E-state index contributed by atoms with van der Waals surface area (Å²) in [6.45, 7) is 3.51. The molecule has 0 saturated carbocycles. The van der Waals surface area contributed by atoms with E-state index in [0.29, 0.717) is 17.2 Å². The number of carboxylic acids is 1. The van der Waals surface area contributed by atoms with E-state index in [-0.39, 0.29) is 17.5 Å². The fourth-order valence-electron chi connectivity index (χ4n) is 1.91. The summed E-state index contributed by atoms with van der Waals surface area (Å²) in [6, 6.07) is 11.3. The molecule has 130 valence electrons. The van der Waals surface area contributed by atoms with Crippen molar-refractivity contribution in [3.63, 3.8) is 0 Å². The van der Waals surface area contributed by atoms with Crippen LogP contribution in [0.4, 0.5) is 5.69 Å². The minimum Gasteiger partial charge on any atom is -0.493 e. The maximum absolute atomic E-state index is 11.7. The number of rotatable bonds is 6. The molecule has 0 unspecified atom stereocenters. The highest BCUT2D eigenvalue weighted by Gasteiger charge is 2.13. The van der Waals surface area contributed by atoms with E-state index in [9.17, 15) is 9.59 Å². The zero-order chi connectivity index (χ0) is 18.4. The second-order valence-electron chi connectivity index (χ2n) is 5.60. The zero-order valence-electron chi connectivity index (χ0n) is 14.2. The molecule has 0 aliphatic rings. The molecule has 0 amide bonds. The van der Waals surface area contributed by atoms with Gasteiger partial charge in [0.25, 0.3) is 0 Å². The summed E-state index contributed by atoms with van der Waals surface area (Å²) in [7, 11) is 1.49. The minimum atomic E-state index is -0.980. The van der Waals surface area contributed by atoms with Gasteiger partial charge in [0.1, 0.15) is 0 Å². The first-order valence-electron chi connectivity index (χ1n) is 7.68. The van der Waals surface area contributed by atoms with Crippen LogP contribution < -0.4 is 9.47 Å². The highest BCUT2D eigenvalue weighted by molar-refractivity contribution is 5.88. The molecule has 0 radical (unpaired) electrons. The fourth-order valence-corrected chi connectivity index (χ4v) is 1.91. The van der Waals surface area contributed by atoms with Crippen molar-refractivity contribution in [3.8, 4) is 11.5 Å². The molecule has 0 aromatic heterocycles. The predicted octanol–water partition coefficient (Wildman–Crippen LogP) is 3.71. The minimum absolute atomic E-state index is 0.206. The van der Waals surface area contributed by atoms with Crippen LogP contribution in [0.5, 0.6) is 11.5 Å². The summed E-state index contributed by atoms with van der Waals surface area (Å²) in [5.41, 5.74) is 1.58. The molecule has 2 aromatic rings. The first kappa shape index (κ1) is 18.2. The molecule has 6 heteroatoms. The van der Waals surface area contributed by atoms with Crippen LogP contribution in [0.25, 0.3) is 0 Å². The molecule has 0 spiro atoms. The quantitative estimate of drug-likeness (QED) is 0.492. The fraction of sp³-hybridized carbons (Fsp3) is 0.211. The summed E-state index contributed by atoms with van der Waals surface area (Å²) in [6.07, 6.45) is 1.62. The number of ether oxygens (including phenoxy) is 2. The van der Waals surface area contributed by atoms with Gasteiger partial charge in [-0.05, 0) is 48.0 Å². The number of carbonyl (C=O) groups excluding carboxylic acids is 1. The van der Waals surface area contributed by atoms with Crippen LogP contribution in [-0.2, 0) is 4.79 Å². The molecule has 0 atom stereocenters. The largest absolute Gasteiger partial charge is 0.493 e. The Labute approximate surface area is 145 Å². The molecule has 0 fully saturated rings. The summed E-state index contributed by atoms with van der Waals surface area (Å²) in [5.74, 6) is -0.770.